The van der Waals surface area contributed by atoms with Crippen molar-refractivity contribution < 1.29 is 30.3 Å². The lowest BCUT2D eigenvalue weighted by atomic mass is 10.0. The van der Waals surface area contributed by atoms with Crippen LogP contribution in [0.4, 0.5) is 0 Å². The van der Waals surface area contributed by atoms with Gasteiger partial charge in [-0.3, -0.25) is 0 Å². The van der Waals surface area contributed by atoms with Gasteiger partial charge in [0.25, 0.3) is 0 Å². The van der Waals surface area contributed by atoms with Gasteiger partial charge in [-0.1, -0.05) is 0 Å². The normalized spacial score (nSPS) is 18.4. The number of carbonyl (C=O) groups is 1. The van der Waals surface area contributed by atoms with Crippen molar-refractivity contribution in [1.29, 1.82) is 0 Å². The highest BCUT2D eigenvalue weighted by molar-refractivity contribution is 5.56. The topological polar surface area (TPSA) is 118 Å². The third-order valence-corrected chi connectivity index (χ3v) is 1.42. The van der Waals surface area contributed by atoms with Gasteiger partial charge in [0.15, 0.2) is 6.29 Å². The minimum atomic E-state index is -1.79. The lowest BCUT2D eigenvalue weighted by Crippen LogP contribution is -2.46. The Morgan fingerprint density at radius 1 is 1.07 bits per heavy atom. The van der Waals surface area contributed by atoms with Gasteiger partial charge < -0.3 is 30.3 Å². The molecule has 0 bridgehead atoms. The molecule has 0 amide bonds. The zero-order valence-corrected chi connectivity index (χ0v) is 7.65. The molecule has 0 aliphatic heterocycles. The summed E-state index contributed by atoms with van der Waals surface area (Å²) in [5.41, 5.74) is 0. The van der Waals surface area contributed by atoms with Crippen molar-refractivity contribution >= 4 is 6.29 Å². The summed E-state index contributed by atoms with van der Waals surface area (Å²) in [7, 11) is 0. The van der Waals surface area contributed by atoms with E-state index in [4.69, 9.17) is 25.5 Å². The Hall–Kier alpha value is -0.790. The maximum Gasteiger partial charge on any atom is 0.151 e. The summed E-state index contributed by atoms with van der Waals surface area (Å²) in [6, 6.07) is 0. The number of carbonyl (C=O) groups excluding carboxylic acids is 1. The summed E-state index contributed by atoms with van der Waals surface area (Å²) in [5, 5.41) is 43.5. The van der Waals surface area contributed by atoms with Crippen molar-refractivity contribution in [3.05, 3.63) is 13.2 Å². The number of aldehydes is 1. The van der Waals surface area contributed by atoms with Crippen LogP contribution in [0.2, 0.25) is 0 Å². The molecule has 0 saturated carbocycles. The number of hydrogen-bond acceptors (Lipinski definition) is 6. The maximum absolute atomic E-state index is 9.90. The standard InChI is InChI=1S/C6H12O6.C2H4/c7-1-3(9)5(11)6(12)4(10)2-8;1-2/h1,3-6,8-12H,2H2;1-2H2. The molecule has 5 N–H and O–H groups in total. The fourth-order valence-corrected chi connectivity index (χ4v) is 0.618. The van der Waals surface area contributed by atoms with Crippen molar-refractivity contribution in [2.45, 2.75) is 24.4 Å². The Bertz CT molecular complexity index is 151. The van der Waals surface area contributed by atoms with E-state index in [1.165, 1.54) is 0 Å². The first-order valence-corrected chi connectivity index (χ1v) is 3.83. The first-order chi connectivity index (χ1) is 6.54. The fraction of sp³-hybridized carbons (Fsp3) is 0.625. The van der Waals surface area contributed by atoms with Crippen molar-refractivity contribution in [3.8, 4) is 0 Å². The molecule has 0 aromatic heterocycles. The highest BCUT2D eigenvalue weighted by Crippen LogP contribution is 2.02. The van der Waals surface area contributed by atoms with E-state index in [0.717, 1.165) is 0 Å². The maximum atomic E-state index is 9.90. The minimum absolute atomic E-state index is 0.0258. The molecule has 0 aromatic carbocycles. The van der Waals surface area contributed by atoms with Gasteiger partial charge >= 0.3 is 0 Å². The largest absolute Gasteiger partial charge is 0.394 e. The Morgan fingerprint density at radius 2 is 1.50 bits per heavy atom. The van der Waals surface area contributed by atoms with Crippen LogP contribution in [-0.4, -0.2) is 62.8 Å². The van der Waals surface area contributed by atoms with E-state index < -0.39 is 31.0 Å². The Labute approximate surface area is 81.7 Å². The summed E-state index contributed by atoms with van der Waals surface area (Å²) in [5.74, 6) is 0. The third-order valence-electron chi connectivity index (χ3n) is 1.42. The van der Waals surface area contributed by atoms with Gasteiger partial charge in [-0.15, -0.1) is 13.2 Å². The van der Waals surface area contributed by atoms with E-state index in [1.54, 1.807) is 0 Å². The van der Waals surface area contributed by atoms with Crippen LogP contribution in [0.3, 0.4) is 0 Å². The van der Waals surface area contributed by atoms with Crippen molar-refractivity contribution in [2.24, 2.45) is 0 Å². The van der Waals surface area contributed by atoms with E-state index in [2.05, 4.69) is 13.2 Å². The van der Waals surface area contributed by atoms with Gasteiger partial charge in [-0.2, -0.15) is 0 Å². The summed E-state index contributed by atoms with van der Waals surface area (Å²) in [6.07, 6.45) is -6.84. The fourth-order valence-electron chi connectivity index (χ4n) is 0.618. The molecule has 4 unspecified atom stereocenters. The summed E-state index contributed by atoms with van der Waals surface area (Å²) >= 11 is 0. The lowest BCUT2D eigenvalue weighted by molar-refractivity contribution is -0.136. The van der Waals surface area contributed by atoms with Gasteiger partial charge in [0, 0.05) is 0 Å². The van der Waals surface area contributed by atoms with E-state index >= 15 is 0 Å². The summed E-state index contributed by atoms with van der Waals surface area (Å²) in [4.78, 5) is 9.90. The molecular formula is C8H16O6. The SMILES string of the molecule is C=C.O=CC(O)C(O)C(O)C(O)CO. The van der Waals surface area contributed by atoms with Crippen molar-refractivity contribution in [1.82, 2.24) is 0 Å². The molecule has 0 rings (SSSR count). The average molecular weight is 208 g/mol. The van der Waals surface area contributed by atoms with Gasteiger partial charge in [-0.25, -0.2) is 0 Å². The molecule has 4 atom stereocenters. The summed E-state index contributed by atoms with van der Waals surface area (Å²) in [6.45, 7) is 5.24. The molecule has 84 valence electrons. The molecule has 0 aromatic rings. The van der Waals surface area contributed by atoms with E-state index in [1.807, 2.05) is 0 Å². The monoisotopic (exact) mass is 208 g/mol. The Kier molecular flexibility index (Phi) is 9.84. The van der Waals surface area contributed by atoms with Crippen LogP contribution >= 0.6 is 0 Å². The van der Waals surface area contributed by atoms with E-state index in [-0.39, 0.29) is 6.29 Å². The highest BCUT2D eigenvalue weighted by atomic mass is 16.4. The van der Waals surface area contributed by atoms with Crippen molar-refractivity contribution in [3.63, 3.8) is 0 Å². The predicted molar refractivity (Wildman–Crippen MR) is 48.4 cm³/mol. The van der Waals surface area contributed by atoms with Crippen LogP contribution in [0.15, 0.2) is 13.2 Å². The van der Waals surface area contributed by atoms with Crippen LogP contribution in [0, 0.1) is 0 Å². The molecule has 0 radical (unpaired) electrons. The first-order valence-electron chi connectivity index (χ1n) is 3.83. The van der Waals surface area contributed by atoms with Gasteiger partial charge in [0.1, 0.15) is 24.4 Å². The van der Waals surface area contributed by atoms with Gasteiger partial charge in [-0.05, 0) is 0 Å². The Morgan fingerprint density at radius 3 is 1.79 bits per heavy atom. The van der Waals surface area contributed by atoms with Crippen LogP contribution in [0.5, 0.6) is 0 Å². The van der Waals surface area contributed by atoms with Crippen LogP contribution in [0.1, 0.15) is 0 Å². The first kappa shape index (κ1) is 15.7. The van der Waals surface area contributed by atoms with Crippen LogP contribution in [0.25, 0.3) is 0 Å². The second-order valence-electron chi connectivity index (χ2n) is 2.36. The highest BCUT2D eigenvalue weighted by Gasteiger charge is 2.29. The Balaban J connectivity index is 0. The zero-order chi connectivity index (χ0) is 11.7. The molecule has 0 aliphatic carbocycles. The predicted octanol–water partition coefficient (Wildman–Crippen LogP) is -2.58. The molecule has 14 heavy (non-hydrogen) atoms. The minimum Gasteiger partial charge on any atom is -0.394 e. The van der Waals surface area contributed by atoms with Gasteiger partial charge in [0.2, 0.25) is 0 Å². The second-order valence-corrected chi connectivity index (χ2v) is 2.36. The number of aliphatic hydroxyl groups is 5. The summed E-state index contributed by atoms with van der Waals surface area (Å²) < 4.78 is 0. The number of aliphatic hydroxyl groups excluding tert-OH is 5. The molecule has 0 saturated heterocycles. The molecule has 0 fully saturated rings. The molecule has 0 spiro atoms. The lowest BCUT2D eigenvalue weighted by Gasteiger charge is -2.22. The van der Waals surface area contributed by atoms with E-state index in [0.29, 0.717) is 0 Å². The smallest absolute Gasteiger partial charge is 0.151 e. The number of rotatable bonds is 5. The molecule has 6 nitrogen and oxygen atoms in total. The molecule has 0 aliphatic rings. The third kappa shape index (κ3) is 5.05. The number of hydrogen-bond donors (Lipinski definition) is 5. The van der Waals surface area contributed by atoms with Crippen molar-refractivity contribution in [2.75, 3.05) is 6.61 Å². The van der Waals surface area contributed by atoms with Gasteiger partial charge in [0.05, 0.1) is 6.61 Å². The van der Waals surface area contributed by atoms with E-state index in [9.17, 15) is 4.79 Å². The molecule has 0 heterocycles. The molecular weight excluding hydrogens is 192 g/mol. The van der Waals surface area contributed by atoms with Crippen LogP contribution in [-0.2, 0) is 4.79 Å². The van der Waals surface area contributed by atoms with Crippen LogP contribution < -0.4 is 0 Å². The quantitative estimate of drug-likeness (QED) is 0.250. The zero-order valence-electron chi connectivity index (χ0n) is 7.65. The average Bonchev–Trinajstić information content (AvgIpc) is 2.27. The molecule has 6 heteroatoms. The second kappa shape index (κ2) is 8.79.